The summed E-state index contributed by atoms with van der Waals surface area (Å²) in [4.78, 5) is 12.5. The average Bonchev–Trinajstić information content (AvgIpc) is 3.19. The molecule has 7 heteroatoms. The quantitative estimate of drug-likeness (QED) is 0.678. The van der Waals surface area contributed by atoms with E-state index in [1.165, 1.54) is 0 Å². The standard InChI is InChI=1S/C20H20N2O5/c1-4-26-16-8-6-5-7-14(16)21-20(23)15-12-18(27-22-15)13-9-10-17(24-2)19(11-13)25-3/h5-12H,4H2,1-3H3,(H,21,23). The molecule has 0 aliphatic heterocycles. The summed E-state index contributed by atoms with van der Waals surface area (Å²) >= 11 is 0. The van der Waals surface area contributed by atoms with Crippen molar-refractivity contribution < 1.29 is 23.5 Å². The summed E-state index contributed by atoms with van der Waals surface area (Å²) in [6, 6.07) is 14.1. The number of anilines is 1. The van der Waals surface area contributed by atoms with Gasteiger partial charge in [-0.25, -0.2) is 0 Å². The molecule has 0 saturated heterocycles. The molecule has 140 valence electrons. The highest BCUT2D eigenvalue weighted by Crippen LogP contribution is 2.32. The Morgan fingerprint density at radius 1 is 1.04 bits per heavy atom. The number of methoxy groups -OCH3 is 2. The zero-order chi connectivity index (χ0) is 19.2. The number of hydrogen-bond donors (Lipinski definition) is 1. The molecule has 1 aromatic heterocycles. The van der Waals surface area contributed by atoms with Crippen LogP contribution in [0.3, 0.4) is 0 Å². The number of aromatic nitrogens is 1. The zero-order valence-corrected chi connectivity index (χ0v) is 15.3. The predicted octanol–water partition coefficient (Wildman–Crippen LogP) is 4.01. The summed E-state index contributed by atoms with van der Waals surface area (Å²) < 4.78 is 21.3. The van der Waals surface area contributed by atoms with Crippen LogP contribution in [-0.2, 0) is 0 Å². The number of carbonyl (C=O) groups excluding carboxylic acids is 1. The number of amides is 1. The minimum Gasteiger partial charge on any atom is -0.493 e. The molecule has 3 aromatic rings. The second-order valence-electron chi connectivity index (χ2n) is 5.53. The number of ether oxygens (including phenoxy) is 3. The van der Waals surface area contributed by atoms with Gasteiger partial charge in [0, 0.05) is 11.6 Å². The Hall–Kier alpha value is -3.48. The number of rotatable bonds is 7. The van der Waals surface area contributed by atoms with Crippen molar-refractivity contribution in [3.8, 4) is 28.6 Å². The molecule has 0 radical (unpaired) electrons. The summed E-state index contributed by atoms with van der Waals surface area (Å²) in [7, 11) is 3.12. The fourth-order valence-corrected chi connectivity index (χ4v) is 2.55. The lowest BCUT2D eigenvalue weighted by Crippen LogP contribution is -2.13. The minimum absolute atomic E-state index is 0.158. The molecule has 0 saturated carbocycles. The van der Waals surface area contributed by atoms with Gasteiger partial charge in [-0.1, -0.05) is 17.3 Å². The molecule has 2 aromatic carbocycles. The summed E-state index contributed by atoms with van der Waals surface area (Å²) in [5.41, 5.74) is 1.44. The molecule has 0 unspecified atom stereocenters. The van der Waals surface area contributed by atoms with E-state index in [0.29, 0.717) is 40.9 Å². The normalized spacial score (nSPS) is 10.3. The molecule has 1 heterocycles. The van der Waals surface area contributed by atoms with E-state index < -0.39 is 5.91 Å². The van der Waals surface area contributed by atoms with Crippen molar-refractivity contribution in [1.82, 2.24) is 5.16 Å². The number of para-hydroxylation sites is 2. The van der Waals surface area contributed by atoms with Crippen molar-refractivity contribution >= 4 is 11.6 Å². The van der Waals surface area contributed by atoms with Gasteiger partial charge in [0.05, 0.1) is 26.5 Å². The zero-order valence-electron chi connectivity index (χ0n) is 15.3. The van der Waals surface area contributed by atoms with Crippen molar-refractivity contribution in [2.45, 2.75) is 6.92 Å². The van der Waals surface area contributed by atoms with Gasteiger partial charge in [0.1, 0.15) is 5.75 Å². The molecule has 27 heavy (non-hydrogen) atoms. The Balaban J connectivity index is 1.81. The lowest BCUT2D eigenvalue weighted by molar-refractivity contribution is 0.101. The van der Waals surface area contributed by atoms with Crippen molar-refractivity contribution in [2.75, 3.05) is 26.1 Å². The van der Waals surface area contributed by atoms with Gasteiger partial charge in [0.2, 0.25) is 0 Å². The molecule has 0 fully saturated rings. The van der Waals surface area contributed by atoms with Crippen molar-refractivity contribution in [1.29, 1.82) is 0 Å². The van der Waals surface area contributed by atoms with Gasteiger partial charge in [-0.05, 0) is 37.3 Å². The van der Waals surface area contributed by atoms with Gasteiger partial charge in [0.25, 0.3) is 5.91 Å². The van der Waals surface area contributed by atoms with E-state index in [-0.39, 0.29) is 5.69 Å². The fraction of sp³-hybridized carbons (Fsp3) is 0.200. The molecule has 0 aliphatic carbocycles. The first kappa shape index (κ1) is 18.3. The molecule has 1 amide bonds. The first-order chi connectivity index (χ1) is 13.2. The highest BCUT2D eigenvalue weighted by atomic mass is 16.5. The highest BCUT2D eigenvalue weighted by molar-refractivity contribution is 6.04. The molecule has 3 rings (SSSR count). The van der Waals surface area contributed by atoms with Crippen molar-refractivity contribution in [2.24, 2.45) is 0 Å². The summed E-state index contributed by atoms with van der Waals surface area (Å²) in [5.74, 6) is 1.81. The SMILES string of the molecule is CCOc1ccccc1NC(=O)c1cc(-c2ccc(OC)c(OC)c2)on1. The van der Waals surface area contributed by atoms with Crippen LogP contribution in [0.5, 0.6) is 17.2 Å². The maximum absolute atomic E-state index is 12.5. The van der Waals surface area contributed by atoms with Crippen molar-refractivity contribution in [3.05, 3.63) is 54.2 Å². The van der Waals surface area contributed by atoms with E-state index in [1.54, 1.807) is 50.6 Å². The largest absolute Gasteiger partial charge is 0.493 e. The lowest BCUT2D eigenvalue weighted by Gasteiger charge is -2.09. The summed E-state index contributed by atoms with van der Waals surface area (Å²) in [6.45, 7) is 2.38. The van der Waals surface area contributed by atoms with Crippen LogP contribution in [-0.4, -0.2) is 31.9 Å². The molecule has 0 atom stereocenters. The van der Waals surface area contributed by atoms with E-state index in [1.807, 2.05) is 19.1 Å². The minimum atomic E-state index is -0.391. The lowest BCUT2D eigenvalue weighted by atomic mass is 10.1. The van der Waals surface area contributed by atoms with Crippen molar-refractivity contribution in [3.63, 3.8) is 0 Å². The number of nitrogens with zero attached hydrogens (tertiary/aromatic N) is 1. The number of hydrogen-bond acceptors (Lipinski definition) is 6. The predicted molar refractivity (Wildman–Crippen MR) is 101 cm³/mol. The fourth-order valence-electron chi connectivity index (χ4n) is 2.55. The van der Waals surface area contributed by atoms with E-state index >= 15 is 0 Å². The topological polar surface area (TPSA) is 82.8 Å². The Morgan fingerprint density at radius 2 is 1.81 bits per heavy atom. The maximum atomic E-state index is 12.5. The third-order valence-electron chi connectivity index (χ3n) is 3.85. The Morgan fingerprint density at radius 3 is 2.56 bits per heavy atom. The van der Waals surface area contributed by atoms with Crippen LogP contribution in [0.4, 0.5) is 5.69 Å². The number of carbonyl (C=O) groups is 1. The summed E-state index contributed by atoms with van der Waals surface area (Å²) in [5, 5.41) is 6.65. The number of benzene rings is 2. The van der Waals surface area contributed by atoms with Crippen LogP contribution >= 0.6 is 0 Å². The van der Waals surface area contributed by atoms with Crippen LogP contribution in [0.25, 0.3) is 11.3 Å². The van der Waals surface area contributed by atoms with Crippen LogP contribution in [0, 0.1) is 0 Å². The van der Waals surface area contributed by atoms with Gasteiger partial charge >= 0.3 is 0 Å². The van der Waals surface area contributed by atoms with E-state index in [4.69, 9.17) is 18.7 Å². The number of nitrogens with one attached hydrogen (secondary N) is 1. The smallest absolute Gasteiger partial charge is 0.277 e. The Kier molecular flexibility index (Phi) is 5.61. The second-order valence-corrected chi connectivity index (χ2v) is 5.53. The Bertz CT molecular complexity index is 936. The maximum Gasteiger partial charge on any atom is 0.277 e. The Labute approximate surface area is 156 Å². The van der Waals surface area contributed by atoms with Crippen LogP contribution in [0.2, 0.25) is 0 Å². The molecular weight excluding hydrogens is 348 g/mol. The monoisotopic (exact) mass is 368 g/mol. The van der Waals surface area contributed by atoms with E-state index in [0.717, 1.165) is 0 Å². The average molecular weight is 368 g/mol. The van der Waals surface area contributed by atoms with Crippen LogP contribution in [0.1, 0.15) is 17.4 Å². The van der Waals surface area contributed by atoms with Gasteiger partial charge in [-0.15, -0.1) is 0 Å². The van der Waals surface area contributed by atoms with Crippen LogP contribution in [0.15, 0.2) is 53.1 Å². The molecule has 1 N–H and O–H groups in total. The summed E-state index contributed by atoms with van der Waals surface area (Å²) in [6.07, 6.45) is 0. The third-order valence-corrected chi connectivity index (χ3v) is 3.85. The molecular formula is C20H20N2O5. The van der Waals surface area contributed by atoms with E-state index in [2.05, 4.69) is 10.5 Å². The molecule has 0 aliphatic rings. The molecule has 0 bridgehead atoms. The van der Waals surface area contributed by atoms with Crippen LogP contribution < -0.4 is 19.5 Å². The highest BCUT2D eigenvalue weighted by Gasteiger charge is 2.16. The van der Waals surface area contributed by atoms with Gasteiger partial charge < -0.3 is 24.1 Å². The molecule has 7 nitrogen and oxygen atoms in total. The second kappa shape index (κ2) is 8.27. The molecule has 0 spiro atoms. The first-order valence-corrected chi connectivity index (χ1v) is 8.38. The first-order valence-electron chi connectivity index (χ1n) is 8.38. The van der Waals surface area contributed by atoms with Gasteiger partial charge in [-0.2, -0.15) is 0 Å². The third kappa shape index (κ3) is 4.03. The van der Waals surface area contributed by atoms with E-state index in [9.17, 15) is 4.79 Å². The van der Waals surface area contributed by atoms with Gasteiger partial charge in [-0.3, -0.25) is 4.79 Å². The van der Waals surface area contributed by atoms with Gasteiger partial charge in [0.15, 0.2) is 23.0 Å².